The van der Waals surface area contributed by atoms with Crippen LogP contribution in [0, 0.1) is 0 Å². The molecule has 0 spiro atoms. The van der Waals surface area contributed by atoms with Crippen LogP contribution in [0.25, 0.3) is 11.0 Å². The summed E-state index contributed by atoms with van der Waals surface area (Å²) in [6.45, 7) is 0. The lowest BCUT2D eigenvalue weighted by Gasteiger charge is -2.07. The Labute approximate surface area is 98.8 Å². The maximum absolute atomic E-state index is 12.5. The summed E-state index contributed by atoms with van der Waals surface area (Å²) in [5.41, 5.74) is 3.88. The van der Waals surface area contributed by atoms with Crippen LogP contribution in [-0.4, -0.2) is 18.4 Å². The molecule has 98 valence electrons. The molecule has 1 aromatic heterocycles. The van der Waals surface area contributed by atoms with Crippen LogP contribution < -0.4 is 10.9 Å². The smallest absolute Gasteiger partial charge is 0.397 e. The van der Waals surface area contributed by atoms with E-state index in [-0.39, 0.29) is 16.7 Å². The van der Waals surface area contributed by atoms with Crippen LogP contribution in [-0.2, 0) is 16.2 Å². The number of H-pyrrole nitrogens is 1. The van der Waals surface area contributed by atoms with Gasteiger partial charge in [-0.05, 0) is 12.1 Å². The Kier molecular flexibility index (Phi) is 2.52. The predicted octanol–water partition coefficient (Wildman–Crippen LogP) is 0.811. The largest absolute Gasteiger partial charge is 0.416 e. The van der Waals surface area contributed by atoms with Gasteiger partial charge in [-0.15, -0.1) is 0 Å². The number of hydrogen-bond acceptors (Lipinski definition) is 4. The topological polar surface area (TPSA) is 115 Å². The van der Waals surface area contributed by atoms with Gasteiger partial charge in [0.2, 0.25) is 5.16 Å². The fourth-order valence-electron chi connectivity index (χ4n) is 1.42. The summed E-state index contributed by atoms with van der Waals surface area (Å²) in [4.78, 5) is 5.73. The molecule has 10 heteroatoms. The summed E-state index contributed by atoms with van der Waals surface area (Å²) in [7, 11) is -4.13. The third kappa shape index (κ3) is 2.11. The normalized spacial score (nSPS) is 13.1. The molecule has 0 amide bonds. The average Bonchev–Trinajstić information content (AvgIpc) is 2.59. The molecule has 0 unspecified atom stereocenters. The van der Waals surface area contributed by atoms with E-state index in [1.165, 1.54) is 0 Å². The lowest BCUT2D eigenvalue weighted by Crippen LogP contribution is -2.13. The number of sulfonamides is 1. The molecule has 5 N–H and O–H groups in total. The van der Waals surface area contributed by atoms with Gasteiger partial charge in [0.25, 0.3) is 10.0 Å². The van der Waals surface area contributed by atoms with Crippen LogP contribution in [0.2, 0.25) is 0 Å². The number of nitrogens with two attached hydrogens (primary N) is 2. The number of benzene rings is 1. The monoisotopic (exact) mass is 280 g/mol. The second-order valence-corrected chi connectivity index (χ2v) is 5.02. The number of halogens is 3. The molecule has 0 aliphatic heterocycles. The number of alkyl halides is 3. The Hall–Kier alpha value is -1.81. The Morgan fingerprint density at radius 2 is 1.89 bits per heavy atom. The van der Waals surface area contributed by atoms with E-state index in [1.807, 2.05) is 0 Å². The predicted molar refractivity (Wildman–Crippen MR) is 56.9 cm³/mol. The molecule has 2 aromatic rings. The molecule has 2 rings (SSSR count). The standard InChI is InChI=1S/C8H7F3N4O2S/c9-8(10,11)3-1-4(12)6-5(2-3)14-7(15-6)18(13,16)17/h1-2H,12H2,(H,14,15)(H2,13,16,17). The van der Waals surface area contributed by atoms with Crippen molar-refractivity contribution < 1.29 is 21.6 Å². The highest BCUT2D eigenvalue weighted by Gasteiger charge is 2.32. The minimum Gasteiger partial charge on any atom is -0.397 e. The van der Waals surface area contributed by atoms with Gasteiger partial charge in [0.05, 0.1) is 16.8 Å². The van der Waals surface area contributed by atoms with Gasteiger partial charge in [0.15, 0.2) is 0 Å². The summed E-state index contributed by atoms with van der Waals surface area (Å²) in [5, 5.41) is 4.17. The van der Waals surface area contributed by atoms with Crippen LogP contribution in [0.3, 0.4) is 0 Å². The van der Waals surface area contributed by atoms with Crippen molar-refractivity contribution in [2.45, 2.75) is 11.3 Å². The summed E-state index contributed by atoms with van der Waals surface area (Å²) in [6, 6.07) is 1.39. The number of aromatic amines is 1. The number of fused-ring (bicyclic) bond motifs is 1. The first kappa shape index (κ1) is 12.6. The van der Waals surface area contributed by atoms with Crippen molar-refractivity contribution in [1.29, 1.82) is 0 Å². The summed E-state index contributed by atoms with van der Waals surface area (Å²) in [5.74, 6) is 0. The molecule has 0 fully saturated rings. The van der Waals surface area contributed by atoms with Crippen LogP contribution in [0.4, 0.5) is 18.9 Å². The zero-order valence-corrected chi connectivity index (χ0v) is 9.43. The van der Waals surface area contributed by atoms with Gasteiger partial charge >= 0.3 is 6.18 Å². The molecule has 0 aliphatic rings. The Balaban J connectivity index is 2.75. The number of nitrogen functional groups attached to an aromatic ring is 1. The van der Waals surface area contributed by atoms with E-state index in [4.69, 9.17) is 10.9 Å². The molecule has 1 aromatic carbocycles. The van der Waals surface area contributed by atoms with Crippen LogP contribution >= 0.6 is 0 Å². The molecule has 6 nitrogen and oxygen atoms in total. The lowest BCUT2D eigenvalue weighted by molar-refractivity contribution is -0.137. The van der Waals surface area contributed by atoms with E-state index < -0.39 is 26.9 Å². The average molecular weight is 280 g/mol. The highest BCUT2D eigenvalue weighted by Crippen LogP contribution is 2.33. The fraction of sp³-hybridized carbons (Fsp3) is 0.125. The van der Waals surface area contributed by atoms with Crippen molar-refractivity contribution in [2.24, 2.45) is 5.14 Å². The Bertz CT molecular complexity index is 720. The number of imidazole rings is 1. The Morgan fingerprint density at radius 1 is 1.28 bits per heavy atom. The van der Waals surface area contributed by atoms with Crippen molar-refractivity contribution in [1.82, 2.24) is 9.97 Å². The maximum Gasteiger partial charge on any atom is 0.416 e. The summed E-state index contributed by atoms with van der Waals surface area (Å²) < 4.78 is 59.5. The molecule has 0 aliphatic carbocycles. The van der Waals surface area contributed by atoms with Crippen LogP contribution in [0.5, 0.6) is 0 Å². The van der Waals surface area contributed by atoms with Gasteiger partial charge in [-0.1, -0.05) is 0 Å². The molecular formula is C8H7F3N4O2S. The van der Waals surface area contributed by atoms with Crippen molar-refractivity contribution in [3.05, 3.63) is 17.7 Å². The zero-order valence-electron chi connectivity index (χ0n) is 8.62. The maximum atomic E-state index is 12.5. The van der Waals surface area contributed by atoms with Crippen molar-refractivity contribution in [2.75, 3.05) is 5.73 Å². The Morgan fingerprint density at radius 3 is 2.39 bits per heavy atom. The lowest BCUT2D eigenvalue weighted by atomic mass is 10.1. The first-order valence-electron chi connectivity index (χ1n) is 4.48. The van der Waals surface area contributed by atoms with E-state index in [9.17, 15) is 21.6 Å². The fourth-order valence-corrected chi connectivity index (χ4v) is 1.89. The highest BCUT2D eigenvalue weighted by atomic mass is 32.2. The van der Waals surface area contributed by atoms with Gasteiger partial charge in [0, 0.05) is 0 Å². The first-order chi connectivity index (χ1) is 8.09. The highest BCUT2D eigenvalue weighted by molar-refractivity contribution is 7.89. The number of nitrogens with one attached hydrogen (secondary N) is 1. The number of primary sulfonamides is 1. The van der Waals surface area contributed by atoms with E-state index in [0.717, 1.165) is 0 Å². The van der Waals surface area contributed by atoms with Gasteiger partial charge in [-0.3, -0.25) is 0 Å². The molecular weight excluding hydrogens is 273 g/mol. The second kappa shape index (κ2) is 3.59. The number of hydrogen-bond donors (Lipinski definition) is 3. The third-order valence-corrected chi connectivity index (χ3v) is 2.92. The van der Waals surface area contributed by atoms with Gasteiger partial charge < -0.3 is 10.7 Å². The van der Waals surface area contributed by atoms with E-state index in [0.29, 0.717) is 12.1 Å². The molecule has 1 heterocycles. The second-order valence-electron chi connectivity index (χ2n) is 3.55. The number of rotatable bonds is 1. The number of nitrogens with zero attached hydrogens (tertiary/aromatic N) is 1. The molecule has 18 heavy (non-hydrogen) atoms. The minimum atomic E-state index is -4.59. The number of anilines is 1. The van der Waals surface area contributed by atoms with Crippen molar-refractivity contribution in [3.8, 4) is 0 Å². The first-order valence-corrected chi connectivity index (χ1v) is 6.03. The molecule has 0 bridgehead atoms. The van der Waals surface area contributed by atoms with Crippen LogP contribution in [0.15, 0.2) is 17.3 Å². The minimum absolute atomic E-state index is 0.0768. The summed E-state index contributed by atoms with van der Waals surface area (Å²) >= 11 is 0. The summed E-state index contributed by atoms with van der Waals surface area (Å²) in [6.07, 6.45) is -4.59. The van der Waals surface area contributed by atoms with E-state index in [1.54, 1.807) is 0 Å². The van der Waals surface area contributed by atoms with E-state index >= 15 is 0 Å². The molecule has 0 atom stereocenters. The van der Waals surface area contributed by atoms with Gasteiger partial charge in [0.1, 0.15) is 5.52 Å². The third-order valence-electron chi connectivity index (χ3n) is 2.19. The molecule has 0 saturated carbocycles. The molecule has 0 radical (unpaired) electrons. The van der Waals surface area contributed by atoms with Crippen molar-refractivity contribution in [3.63, 3.8) is 0 Å². The zero-order chi connectivity index (χ0) is 13.7. The van der Waals surface area contributed by atoms with Gasteiger partial charge in [-0.25, -0.2) is 18.5 Å². The van der Waals surface area contributed by atoms with E-state index in [2.05, 4.69) is 9.97 Å². The molecule has 0 saturated heterocycles. The van der Waals surface area contributed by atoms with Gasteiger partial charge in [-0.2, -0.15) is 13.2 Å². The quantitative estimate of drug-likeness (QED) is 0.670. The van der Waals surface area contributed by atoms with Crippen LogP contribution in [0.1, 0.15) is 5.56 Å². The SMILES string of the molecule is Nc1cc(C(F)(F)F)cc2[nH]c(S(N)(=O)=O)nc12. The van der Waals surface area contributed by atoms with Crippen molar-refractivity contribution >= 4 is 26.7 Å². The number of aromatic nitrogens is 2.